The molecule has 0 saturated heterocycles. The van der Waals surface area contributed by atoms with Crippen molar-refractivity contribution in [2.75, 3.05) is 40.5 Å². The van der Waals surface area contributed by atoms with Crippen molar-refractivity contribution >= 4 is 10.9 Å². The van der Waals surface area contributed by atoms with Gasteiger partial charge in [-0.3, -0.25) is 0 Å². The summed E-state index contributed by atoms with van der Waals surface area (Å²) >= 11 is 0. The number of methoxy groups -OCH3 is 2. The molecule has 1 saturated carbocycles. The van der Waals surface area contributed by atoms with E-state index < -0.39 is 6.10 Å². The van der Waals surface area contributed by atoms with Crippen molar-refractivity contribution < 1.29 is 19.3 Å². The van der Waals surface area contributed by atoms with Crippen LogP contribution in [0.2, 0.25) is 0 Å². The lowest BCUT2D eigenvalue weighted by atomic mass is 9.49. The van der Waals surface area contributed by atoms with Gasteiger partial charge in [-0.2, -0.15) is 0 Å². The molecular formula is C31H40N2O4. The molecule has 6 rings (SSSR count). The molecule has 0 radical (unpaired) electrons. The minimum atomic E-state index is -0.581. The Morgan fingerprint density at radius 2 is 1.89 bits per heavy atom. The molecule has 0 unspecified atom stereocenters. The van der Waals surface area contributed by atoms with Gasteiger partial charge in [0.25, 0.3) is 0 Å². The highest BCUT2D eigenvalue weighted by atomic mass is 16.5. The van der Waals surface area contributed by atoms with Gasteiger partial charge in [0.2, 0.25) is 0 Å². The summed E-state index contributed by atoms with van der Waals surface area (Å²) in [6.07, 6.45) is 6.30. The third-order valence-electron chi connectivity index (χ3n) is 8.70. The first-order valence-corrected chi connectivity index (χ1v) is 13.4. The van der Waals surface area contributed by atoms with Crippen molar-refractivity contribution in [2.45, 2.75) is 38.7 Å². The highest BCUT2D eigenvalue weighted by Gasteiger charge is 2.50. The van der Waals surface area contributed by atoms with Crippen LogP contribution in [0.25, 0.3) is 10.9 Å². The first-order valence-electron chi connectivity index (χ1n) is 13.4. The van der Waals surface area contributed by atoms with E-state index in [1.54, 1.807) is 14.2 Å². The standard InChI is InChI=1S/C31H40N2O4/c1-31(2)21-13-12-20(27(31)14-21)18-37-19-22(34)15-32-16-25(24-9-7-11-29(35-3)30(24)36-4)26-17-33-28-10-6-5-8-23(26)28/h5-12,17,21-22,25,27,32-34H,13-16,18-19H2,1-4H3/t21-,22-,25-,27+/m0/s1. The molecule has 0 aliphatic heterocycles. The molecule has 3 N–H and O–H groups in total. The molecule has 0 spiro atoms. The molecule has 1 fully saturated rings. The molecule has 6 heteroatoms. The SMILES string of the molecule is COc1cccc([C@H](CNC[C@H](O)COCC2=CC[C@H]3C[C@H]2C3(C)C)c2c[nH]c3ccccc23)c1OC. The monoisotopic (exact) mass is 504 g/mol. The lowest BCUT2D eigenvalue weighted by Gasteiger charge is -2.56. The Morgan fingerprint density at radius 3 is 2.65 bits per heavy atom. The Kier molecular flexibility index (Phi) is 7.61. The van der Waals surface area contributed by atoms with Crippen LogP contribution in [0.5, 0.6) is 11.5 Å². The van der Waals surface area contributed by atoms with Gasteiger partial charge in [0.15, 0.2) is 11.5 Å². The minimum absolute atomic E-state index is 0.00416. The van der Waals surface area contributed by atoms with Crippen LogP contribution in [0.3, 0.4) is 0 Å². The van der Waals surface area contributed by atoms with E-state index in [1.807, 2.05) is 18.2 Å². The van der Waals surface area contributed by atoms with Gasteiger partial charge in [0.05, 0.1) is 33.5 Å². The lowest BCUT2D eigenvalue weighted by molar-refractivity contribution is -0.0235. The van der Waals surface area contributed by atoms with Gasteiger partial charge >= 0.3 is 0 Å². The average molecular weight is 505 g/mol. The van der Waals surface area contributed by atoms with Crippen LogP contribution in [0.4, 0.5) is 0 Å². The molecule has 3 aromatic rings. The summed E-state index contributed by atoms with van der Waals surface area (Å²) in [5.41, 5.74) is 5.11. The van der Waals surface area contributed by atoms with Crippen molar-refractivity contribution in [2.24, 2.45) is 17.3 Å². The molecule has 3 aliphatic rings. The topological polar surface area (TPSA) is 75.7 Å². The summed E-state index contributed by atoms with van der Waals surface area (Å²) in [6, 6.07) is 14.3. The number of ether oxygens (including phenoxy) is 3. The van der Waals surface area contributed by atoms with Crippen LogP contribution in [0.1, 0.15) is 43.7 Å². The second kappa shape index (κ2) is 10.9. The number of para-hydroxylation sites is 2. The number of fused-ring (bicyclic) bond motifs is 2. The number of aromatic amines is 1. The second-order valence-electron chi connectivity index (χ2n) is 11.1. The summed E-state index contributed by atoms with van der Waals surface area (Å²) in [7, 11) is 3.33. The smallest absolute Gasteiger partial charge is 0.164 e. The number of aromatic nitrogens is 1. The van der Waals surface area contributed by atoms with Crippen molar-refractivity contribution in [3.8, 4) is 11.5 Å². The third kappa shape index (κ3) is 5.02. The second-order valence-corrected chi connectivity index (χ2v) is 11.1. The summed E-state index contributed by atoms with van der Waals surface area (Å²) in [6.45, 7) is 6.77. The van der Waals surface area contributed by atoms with E-state index in [0.29, 0.717) is 43.4 Å². The number of hydrogen-bond donors (Lipinski definition) is 3. The van der Waals surface area contributed by atoms with Crippen LogP contribution < -0.4 is 14.8 Å². The fraction of sp³-hybridized carbons (Fsp3) is 0.484. The van der Waals surface area contributed by atoms with Gasteiger partial charge in [-0.1, -0.05) is 50.3 Å². The van der Waals surface area contributed by atoms with E-state index in [2.05, 4.69) is 60.7 Å². The number of benzene rings is 2. The quantitative estimate of drug-likeness (QED) is 0.293. The number of allylic oxidation sites excluding steroid dienone is 1. The maximum atomic E-state index is 10.7. The van der Waals surface area contributed by atoms with Crippen LogP contribution >= 0.6 is 0 Å². The van der Waals surface area contributed by atoms with Crippen molar-refractivity contribution in [3.05, 3.63) is 71.4 Å². The van der Waals surface area contributed by atoms with Gasteiger partial charge in [-0.25, -0.2) is 0 Å². The zero-order valence-corrected chi connectivity index (χ0v) is 22.4. The molecule has 0 amide bonds. The molecule has 4 atom stereocenters. The fourth-order valence-corrected chi connectivity index (χ4v) is 6.36. The highest BCUT2D eigenvalue weighted by Crippen LogP contribution is 2.59. The summed E-state index contributed by atoms with van der Waals surface area (Å²) < 4.78 is 17.3. The molecule has 37 heavy (non-hydrogen) atoms. The Balaban J connectivity index is 1.24. The molecule has 2 aromatic carbocycles. The van der Waals surface area contributed by atoms with Gasteiger partial charge in [0.1, 0.15) is 0 Å². The number of H-pyrrole nitrogens is 1. The van der Waals surface area contributed by atoms with Crippen molar-refractivity contribution in [3.63, 3.8) is 0 Å². The third-order valence-corrected chi connectivity index (χ3v) is 8.70. The predicted molar refractivity (Wildman–Crippen MR) is 147 cm³/mol. The Bertz CT molecular complexity index is 1250. The number of hydrogen-bond acceptors (Lipinski definition) is 5. The van der Waals surface area contributed by atoms with Crippen LogP contribution in [0.15, 0.2) is 60.3 Å². The van der Waals surface area contributed by atoms with E-state index in [9.17, 15) is 5.11 Å². The summed E-state index contributed by atoms with van der Waals surface area (Å²) in [5, 5.41) is 15.3. The lowest BCUT2D eigenvalue weighted by Crippen LogP contribution is -2.48. The van der Waals surface area contributed by atoms with Crippen molar-refractivity contribution in [1.82, 2.24) is 10.3 Å². The van der Waals surface area contributed by atoms with Gasteiger partial charge in [0, 0.05) is 41.7 Å². The van der Waals surface area contributed by atoms with Gasteiger partial charge in [-0.15, -0.1) is 0 Å². The Morgan fingerprint density at radius 1 is 1.05 bits per heavy atom. The Hall–Kier alpha value is -2.80. The normalized spacial score (nSPS) is 21.7. The predicted octanol–water partition coefficient (Wildman–Crippen LogP) is 5.28. The molecule has 1 aromatic heterocycles. The minimum Gasteiger partial charge on any atom is -0.493 e. The maximum absolute atomic E-state index is 10.7. The first-order chi connectivity index (χ1) is 17.9. The Labute approximate surface area is 220 Å². The van der Waals surface area contributed by atoms with E-state index in [0.717, 1.165) is 29.2 Å². The van der Waals surface area contributed by atoms with Crippen LogP contribution in [-0.4, -0.2) is 56.7 Å². The van der Waals surface area contributed by atoms with E-state index in [1.165, 1.54) is 22.9 Å². The molecule has 6 nitrogen and oxygen atoms in total. The van der Waals surface area contributed by atoms with Gasteiger partial charge in [-0.05, 0) is 53.4 Å². The molecule has 3 aliphatic carbocycles. The average Bonchev–Trinajstić information content (AvgIpc) is 3.34. The summed E-state index contributed by atoms with van der Waals surface area (Å²) in [4.78, 5) is 3.40. The molecular weight excluding hydrogens is 464 g/mol. The van der Waals surface area contributed by atoms with Crippen LogP contribution in [0, 0.1) is 17.3 Å². The highest BCUT2D eigenvalue weighted by molar-refractivity contribution is 5.84. The summed E-state index contributed by atoms with van der Waals surface area (Å²) in [5.74, 6) is 2.89. The molecule has 2 bridgehead atoms. The molecule has 1 heterocycles. The van der Waals surface area contributed by atoms with E-state index in [-0.39, 0.29) is 5.92 Å². The van der Waals surface area contributed by atoms with Gasteiger partial charge < -0.3 is 29.6 Å². The zero-order valence-electron chi connectivity index (χ0n) is 22.4. The number of nitrogens with one attached hydrogen (secondary N) is 2. The number of aliphatic hydroxyl groups is 1. The van der Waals surface area contributed by atoms with E-state index >= 15 is 0 Å². The number of aliphatic hydroxyl groups excluding tert-OH is 1. The van der Waals surface area contributed by atoms with E-state index in [4.69, 9.17) is 14.2 Å². The maximum Gasteiger partial charge on any atom is 0.164 e. The first kappa shape index (κ1) is 25.8. The molecule has 198 valence electrons. The largest absolute Gasteiger partial charge is 0.493 e. The van der Waals surface area contributed by atoms with Crippen molar-refractivity contribution in [1.29, 1.82) is 0 Å². The number of rotatable bonds is 12. The van der Waals surface area contributed by atoms with Crippen LogP contribution in [-0.2, 0) is 4.74 Å². The fourth-order valence-electron chi connectivity index (χ4n) is 6.36. The zero-order chi connectivity index (χ0) is 26.0.